The van der Waals surface area contributed by atoms with Gasteiger partial charge in [-0.05, 0) is 25.7 Å². The van der Waals surface area contributed by atoms with Gasteiger partial charge in [0.15, 0.2) is 5.69 Å². The molecule has 2 saturated heterocycles. The van der Waals surface area contributed by atoms with Crippen molar-refractivity contribution in [3.8, 4) is 0 Å². The van der Waals surface area contributed by atoms with Gasteiger partial charge in [-0.2, -0.15) is 5.10 Å². The van der Waals surface area contributed by atoms with E-state index in [9.17, 15) is 13.2 Å². The number of aromatic nitrogens is 2. The van der Waals surface area contributed by atoms with Crippen LogP contribution in [0.4, 0.5) is 0 Å². The van der Waals surface area contributed by atoms with E-state index < -0.39 is 15.9 Å². The second-order valence-corrected chi connectivity index (χ2v) is 6.97. The molecule has 0 aromatic carbocycles. The SMILES string of the molecule is CCc1[nH]nc(C(=O)NC2CC3CCC2O3)c1S(N)(=O)=O. The molecule has 0 radical (unpaired) electrons. The summed E-state index contributed by atoms with van der Waals surface area (Å²) < 4.78 is 29.0. The molecule has 9 heteroatoms. The first-order valence-electron chi connectivity index (χ1n) is 6.96. The van der Waals surface area contributed by atoms with Crippen molar-refractivity contribution in [2.45, 2.75) is 55.8 Å². The fourth-order valence-electron chi connectivity index (χ4n) is 3.09. The zero-order valence-electron chi connectivity index (χ0n) is 11.6. The lowest BCUT2D eigenvalue weighted by molar-refractivity contribution is 0.0835. The van der Waals surface area contributed by atoms with E-state index in [2.05, 4.69) is 15.5 Å². The minimum Gasteiger partial charge on any atom is -0.373 e. The van der Waals surface area contributed by atoms with Crippen molar-refractivity contribution in [2.24, 2.45) is 5.14 Å². The molecule has 0 spiro atoms. The lowest BCUT2D eigenvalue weighted by Crippen LogP contribution is -2.42. The monoisotopic (exact) mass is 314 g/mol. The van der Waals surface area contributed by atoms with Gasteiger partial charge in [0, 0.05) is 0 Å². The number of fused-ring (bicyclic) bond motifs is 2. The number of sulfonamides is 1. The Bertz CT molecular complexity index is 669. The third-order valence-corrected chi connectivity index (χ3v) is 5.08. The molecular weight excluding hydrogens is 296 g/mol. The molecule has 1 amide bonds. The Kier molecular flexibility index (Phi) is 3.50. The number of amides is 1. The highest BCUT2D eigenvalue weighted by Gasteiger charge is 2.42. The molecule has 3 unspecified atom stereocenters. The van der Waals surface area contributed by atoms with E-state index in [1.165, 1.54) is 0 Å². The van der Waals surface area contributed by atoms with Crippen LogP contribution in [0.1, 0.15) is 42.4 Å². The minimum absolute atomic E-state index is 0.0153. The molecule has 2 fully saturated rings. The first-order chi connectivity index (χ1) is 9.90. The lowest BCUT2D eigenvalue weighted by atomic mass is 9.95. The molecular formula is C12H18N4O4S. The summed E-state index contributed by atoms with van der Waals surface area (Å²) in [6.07, 6.45) is 3.29. The van der Waals surface area contributed by atoms with Gasteiger partial charge in [-0.1, -0.05) is 6.92 Å². The molecule has 1 aromatic heterocycles. The smallest absolute Gasteiger partial charge is 0.273 e. The summed E-state index contributed by atoms with van der Waals surface area (Å²) in [5.41, 5.74) is 0.170. The molecule has 4 N–H and O–H groups in total. The number of carbonyl (C=O) groups is 1. The van der Waals surface area contributed by atoms with Crippen LogP contribution in [0.3, 0.4) is 0 Å². The largest absolute Gasteiger partial charge is 0.373 e. The lowest BCUT2D eigenvalue weighted by Gasteiger charge is -2.19. The van der Waals surface area contributed by atoms with Crippen LogP contribution in [-0.2, 0) is 21.2 Å². The van der Waals surface area contributed by atoms with Crippen LogP contribution < -0.4 is 10.5 Å². The number of H-pyrrole nitrogens is 1. The summed E-state index contributed by atoms with van der Waals surface area (Å²) in [4.78, 5) is 12.1. The van der Waals surface area contributed by atoms with Gasteiger partial charge in [-0.15, -0.1) is 0 Å². The van der Waals surface area contributed by atoms with Crippen LogP contribution in [0.5, 0.6) is 0 Å². The molecule has 2 aliphatic heterocycles. The maximum atomic E-state index is 12.3. The number of nitrogens with zero attached hydrogens (tertiary/aromatic N) is 1. The normalized spacial score (nSPS) is 28.0. The van der Waals surface area contributed by atoms with Crippen LogP contribution >= 0.6 is 0 Å². The van der Waals surface area contributed by atoms with Crippen molar-refractivity contribution >= 4 is 15.9 Å². The second kappa shape index (κ2) is 5.08. The molecule has 8 nitrogen and oxygen atoms in total. The van der Waals surface area contributed by atoms with Gasteiger partial charge in [0.05, 0.1) is 23.9 Å². The Morgan fingerprint density at radius 2 is 2.29 bits per heavy atom. The molecule has 116 valence electrons. The number of nitrogens with one attached hydrogen (secondary N) is 2. The van der Waals surface area contributed by atoms with Gasteiger partial charge in [0.25, 0.3) is 5.91 Å². The van der Waals surface area contributed by atoms with Crippen LogP contribution in [-0.4, -0.2) is 42.8 Å². The fourth-order valence-corrected chi connectivity index (χ4v) is 4.04. The van der Waals surface area contributed by atoms with Gasteiger partial charge in [0.1, 0.15) is 4.90 Å². The van der Waals surface area contributed by atoms with Crippen molar-refractivity contribution in [3.05, 3.63) is 11.4 Å². The molecule has 3 rings (SSSR count). The molecule has 3 heterocycles. The van der Waals surface area contributed by atoms with Gasteiger partial charge < -0.3 is 10.1 Å². The topological polar surface area (TPSA) is 127 Å². The fraction of sp³-hybridized carbons (Fsp3) is 0.667. The number of rotatable bonds is 4. The van der Waals surface area contributed by atoms with Crippen LogP contribution in [0.25, 0.3) is 0 Å². The van der Waals surface area contributed by atoms with Crippen LogP contribution in [0.2, 0.25) is 0 Å². The average molecular weight is 314 g/mol. The number of nitrogens with two attached hydrogens (primary N) is 1. The van der Waals surface area contributed by atoms with Crippen LogP contribution in [0.15, 0.2) is 4.90 Å². The van der Waals surface area contributed by atoms with Gasteiger partial charge in [-0.3, -0.25) is 9.89 Å². The van der Waals surface area contributed by atoms with E-state index in [0.717, 1.165) is 19.3 Å². The zero-order chi connectivity index (χ0) is 15.2. The summed E-state index contributed by atoms with van der Waals surface area (Å²) >= 11 is 0. The Morgan fingerprint density at radius 3 is 2.81 bits per heavy atom. The summed E-state index contributed by atoms with van der Waals surface area (Å²) in [6, 6.07) is -0.0913. The summed E-state index contributed by atoms with van der Waals surface area (Å²) in [7, 11) is -4.01. The molecule has 2 bridgehead atoms. The van der Waals surface area contributed by atoms with E-state index in [0.29, 0.717) is 12.1 Å². The van der Waals surface area contributed by atoms with E-state index in [-0.39, 0.29) is 28.8 Å². The Hall–Kier alpha value is -1.45. The highest BCUT2D eigenvalue weighted by Crippen LogP contribution is 2.34. The second-order valence-electron chi connectivity index (χ2n) is 5.47. The van der Waals surface area contributed by atoms with E-state index in [1.54, 1.807) is 6.92 Å². The predicted molar refractivity (Wildman–Crippen MR) is 73.1 cm³/mol. The Morgan fingerprint density at radius 1 is 1.52 bits per heavy atom. The van der Waals surface area contributed by atoms with Crippen molar-refractivity contribution in [1.82, 2.24) is 15.5 Å². The van der Waals surface area contributed by atoms with Crippen molar-refractivity contribution in [1.29, 1.82) is 0 Å². The van der Waals surface area contributed by atoms with Gasteiger partial charge in [0.2, 0.25) is 10.0 Å². The summed E-state index contributed by atoms with van der Waals surface area (Å²) in [5, 5.41) is 14.4. The molecule has 0 aliphatic carbocycles. The first kappa shape index (κ1) is 14.5. The van der Waals surface area contributed by atoms with Crippen molar-refractivity contribution in [2.75, 3.05) is 0 Å². The average Bonchev–Trinajstić information content (AvgIpc) is 3.11. The minimum atomic E-state index is -4.01. The summed E-state index contributed by atoms with van der Waals surface area (Å²) in [5.74, 6) is -0.531. The van der Waals surface area contributed by atoms with E-state index in [4.69, 9.17) is 9.88 Å². The first-order valence-corrected chi connectivity index (χ1v) is 8.51. The quantitative estimate of drug-likeness (QED) is 0.701. The molecule has 2 aliphatic rings. The number of ether oxygens (including phenoxy) is 1. The maximum absolute atomic E-state index is 12.3. The van der Waals surface area contributed by atoms with E-state index in [1.807, 2.05) is 0 Å². The van der Waals surface area contributed by atoms with E-state index >= 15 is 0 Å². The molecule has 0 saturated carbocycles. The molecule has 1 aromatic rings. The number of hydrogen-bond acceptors (Lipinski definition) is 5. The highest BCUT2D eigenvalue weighted by atomic mass is 32.2. The number of aromatic amines is 1. The predicted octanol–water partition coefficient (Wildman–Crippen LogP) is -0.331. The maximum Gasteiger partial charge on any atom is 0.273 e. The number of aryl methyl sites for hydroxylation is 1. The highest BCUT2D eigenvalue weighted by molar-refractivity contribution is 7.89. The zero-order valence-corrected chi connectivity index (χ0v) is 12.4. The molecule has 3 atom stereocenters. The standard InChI is InChI=1S/C12H18N4O4S/c1-2-7-11(21(13,18)19)10(16-15-7)12(17)14-8-5-6-3-4-9(8)20-6/h6,8-9H,2-5H2,1H3,(H,14,17)(H,15,16)(H2,13,18,19). The van der Waals surface area contributed by atoms with Crippen LogP contribution in [0, 0.1) is 0 Å². The van der Waals surface area contributed by atoms with Gasteiger partial charge in [-0.25, -0.2) is 13.6 Å². The number of carbonyl (C=O) groups excluding carboxylic acids is 1. The molecule has 21 heavy (non-hydrogen) atoms. The summed E-state index contributed by atoms with van der Waals surface area (Å²) in [6.45, 7) is 1.76. The Labute approximate surface area is 122 Å². The Balaban J connectivity index is 1.83. The third-order valence-electron chi connectivity index (χ3n) is 4.07. The number of primary sulfonamides is 1. The van der Waals surface area contributed by atoms with Crippen molar-refractivity contribution in [3.63, 3.8) is 0 Å². The van der Waals surface area contributed by atoms with Crippen molar-refractivity contribution < 1.29 is 17.9 Å². The third kappa shape index (κ3) is 2.56. The number of hydrogen-bond donors (Lipinski definition) is 3. The van der Waals surface area contributed by atoms with Gasteiger partial charge >= 0.3 is 0 Å².